The zero-order valence-corrected chi connectivity index (χ0v) is 15.0. The average Bonchev–Trinajstić information content (AvgIpc) is 2.59. The van der Waals surface area contributed by atoms with E-state index < -0.39 is 0 Å². The van der Waals surface area contributed by atoms with Crippen LogP contribution in [0.4, 0.5) is 0 Å². The molecule has 1 N–H and O–H groups in total. The van der Waals surface area contributed by atoms with Gasteiger partial charge in [-0.3, -0.25) is 14.5 Å². The van der Waals surface area contributed by atoms with E-state index in [9.17, 15) is 9.59 Å². The summed E-state index contributed by atoms with van der Waals surface area (Å²) in [5, 5.41) is 2.99. The van der Waals surface area contributed by atoms with Crippen molar-refractivity contribution in [3.8, 4) is 0 Å². The summed E-state index contributed by atoms with van der Waals surface area (Å²) in [6.07, 6.45) is 4.95. The van der Waals surface area contributed by atoms with Gasteiger partial charge in [-0.1, -0.05) is 13.8 Å². The van der Waals surface area contributed by atoms with Crippen LogP contribution in [0.1, 0.15) is 52.9 Å². The van der Waals surface area contributed by atoms with E-state index >= 15 is 0 Å². The van der Waals surface area contributed by atoms with Gasteiger partial charge in [0.05, 0.1) is 6.04 Å². The second kappa shape index (κ2) is 8.67. The third kappa shape index (κ3) is 4.93. The summed E-state index contributed by atoms with van der Waals surface area (Å²) in [5.41, 5.74) is 0. The topological polar surface area (TPSA) is 52.7 Å². The van der Waals surface area contributed by atoms with Gasteiger partial charge in [0, 0.05) is 25.6 Å². The Morgan fingerprint density at radius 1 is 1.09 bits per heavy atom. The van der Waals surface area contributed by atoms with Crippen molar-refractivity contribution in [3.63, 3.8) is 0 Å². The molecule has 0 aromatic heterocycles. The number of amides is 2. The van der Waals surface area contributed by atoms with Crippen LogP contribution in [-0.2, 0) is 9.59 Å². The molecule has 2 aliphatic heterocycles. The molecule has 0 bridgehead atoms. The lowest BCUT2D eigenvalue weighted by molar-refractivity contribution is -0.138. The monoisotopic (exact) mass is 323 g/mol. The maximum absolute atomic E-state index is 12.7. The number of hydrogen-bond donors (Lipinski definition) is 1. The molecule has 2 aliphatic rings. The number of nitrogens with zero attached hydrogens (tertiary/aromatic N) is 2. The minimum Gasteiger partial charge on any atom is -0.356 e. The second-order valence-electron chi connectivity index (χ2n) is 7.29. The third-order valence-electron chi connectivity index (χ3n) is 5.45. The zero-order valence-electron chi connectivity index (χ0n) is 15.0. The molecule has 2 rings (SSSR count). The Balaban J connectivity index is 1.77. The molecule has 5 heteroatoms. The van der Waals surface area contributed by atoms with E-state index in [4.69, 9.17) is 0 Å². The van der Waals surface area contributed by atoms with Crippen LogP contribution in [0.25, 0.3) is 0 Å². The molecule has 2 saturated heterocycles. The van der Waals surface area contributed by atoms with Gasteiger partial charge in [0.1, 0.15) is 0 Å². The Labute approximate surface area is 140 Å². The first-order valence-electron chi connectivity index (χ1n) is 9.33. The van der Waals surface area contributed by atoms with Gasteiger partial charge in [0.25, 0.3) is 0 Å². The molecule has 23 heavy (non-hydrogen) atoms. The summed E-state index contributed by atoms with van der Waals surface area (Å²) in [4.78, 5) is 29.0. The van der Waals surface area contributed by atoms with Crippen LogP contribution in [0.15, 0.2) is 0 Å². The Morgan fingerprint density at radius 2 is 1.70 bits per heavy atom. The highest BCUT2D eigenvalue weighted by atomic mass is 16.2. The Bertz CT molecular complexity index is 397. The zero-order chi connectivity index (χ0) is 16.8. The Morgan fingerprint density at radius 3 is 2.26 bits per heavy atom. The quantitative estimate of drug-likeness (QED) is 0.840. The number of carbonyl (C=O) groups is 2. The number of nitrogens with one attached hydrogen (secondary N) is 1. The molecule has 132 valence electrons. The van der Waals surface area contributed by atoms with Crippen molar-refractivity contribution >= 4 is 11.8 Å². The molecule has 2 heterocycles. The number of piperidine rings is 2. The molecule has 0 radical (unpaired) electrons. The summed E-state index contributed by atoms with van der Waals surface area (Å²) in [5.74, 6) is 1.32. The number of rotatable bonds is 5. The molecule has 0 spiro atoms. The van der Waals surface area contributed by atoms with Gasteiger partial charge in [0.2, 0.25) is 11.8 Å². The normalized spacial score (nSPS) is 22.8. The van der Waals surface area contributed by atoms with E-state index in [2.05, 4.69) is 24.1 Å². The lowest BCUT2D eigenvalue weighted by atomic mass is 9.94. The van der Waals surface area contributed by atoms with Gasteiger partial charge in [-0.2, -0.15) is 0 Å². The smallest absolute Gasteiger partial charge is 0.239 e. The maximum atomic E-state index is 12.7. The van der Waals surface area contributed by atoms with Gasteiger partial charge >= 0.3 is 0 Å². The summed E-state index contributed by atoms with van der Waals surface area (Å²) in [7, 11) is 0. The lowest BCUT2D eigenvalue weighted by Gasteiger charge is -2.38. The van der Waals surface area contributed by atoms with E-state index in [-0.39, 0.29) is 23.8 Å². The minimum absolute atomic E-state index is 0.0527. The van der Waals surface area contributed by atoms with E-state index in [1.165, 1.54) is 0 Å². The first-order chi connectivity index (χ1) is 11.0. The van der Waals surface area contributed by atoms with Crippen molar-refractivity contribution in [1.29, 1.82) is 0 Å². The van der Waals surface area contributed by atoms with Crippen LogP contribution in [0.5, 0.6) is 0 Å². The molecule has 0 aliphatic carbocycles. The number of carbonyl (C=O) groups excluding carboxylic acids is 2. The highest BCUT2D eigenvalue weighted by molar-refractivity contribution is 5.82. The van der Waals surface area contributed by atoms with Crippen molar-refractivity contribution in [2.75, 3.05) is 32.7 Å². The molecule has 2 amide bonds. The fraction of sp³-hybridized carbons (Fsp3) is 0.889. The molecule has 0 aromatic carbocycles. The SMILES string of the molecule is CCCNC(=O)C1CCN(C(C)C(=O)N2CCC(C)CC2)CC1. The van der Waals surface area contributed by atoms with Crippen LogP contribution in [0.3, 0.4) is 0 Å². The Kier molecular flexibility index (Phi) is 6.88. The fourth-order valence-electron chi connectivity index (χ4n) is 3.59. The highest BCUT2D eigenvalue weighted by Gasteiger charge is 2.32. The predicted molar refractivity (Wildman–Crippen MR) is 92.0 cm³/mol. The summed E-state index contributed by atoms with van der Waals surface area (Å²) in [6, 6.07) is -0.0527. The average molecular weight is 323 g/mol. The van der Waals surface area contributed by atoms with Gasteiger partial charge in [0.15, 0.2) is 0 Å². The first kappa shape index (κ1) is 18.2. The van der Waals surface area contributed by atoms with Crippen LogP contribution < -0.4 is 5.32 Å². The lowest BCUT2D eigenvalue weighted by Crippen LogP contribution is -2.52. The molecular weight excluding hydrogens is 290 g/mol. The maximum Gasteiger partial charge on any atom is 0.239 e. The van der Waals surface area contributed by atoms with E-state index in [1.54, 1.807) is 0 Å². The van der Waals surface area contributed by atoms with Gasteiger partial charge in [-0.15, -0.1) is 0 Å². The standard InChI is InChI=1S/C18H33N3O2/c1-4-9-19-17(22)16-7-12-20(13-8-16)15(3)18(23)21-10-5-14(2)6-11-21/h14-16H,4-13H2,1-3H3,(H,19,22). The van der Waals surface area contributed by atoms with Gasteiger partial charge in [-0.25, -0.2) is 0 Å². The van der Waals surface area contributed by atoms with Crippen molar-refractivity contribution in [2.24, 2.45) is 11.8 Å². The summed E-state index contributed by atoms with van der Waals surface area (Å²) < 4.78 is 0. The van der Waals surface area contributed by atoms with Crippen LogP contribution in [0, 0.1) is 11.8 Å². The summed E-state index contributed by atoms with van der Waals surface area (Å²) in [6.45, 7) is 10.6. The molecule has 0 aromatic rings. The van der Waals surface area contributed by atoms with Gasteiger partial charge in [-0.05, 0) is 58.0 Å². The molecule has 0 saturated carbocycles. The van der Waals surface area contributed by atoms with E-state index in [1.807, 2.05) is 11.8 Å². The van der Waals surface area contributed by atoms with Crippen LogP contribution in [-0.4, -0.2) is 60.4 Å². The van der Waals surface area contributed by atoms with Crippen molar-refractivity contribution in [1.82, 2.24) is 15.1 Å². The first-order valence-corrected chi connectivity index (χ1v) is 9.33. The minimum atomic E-state index is -0.0527. The summed E-state index contributed by atoms with van der Waals surface area (Å²) >= 11 is 0. The largest absolute Gasteiger partial charge is 0.356 e. The fourth-order valence-corrected chi connectivity index (χ4v) is 3.59. The van der Waals surface area contributed by atoms with E-state index in [0.29, 0.717) is 0 Å². The van der Waals surface area contributed by atoms with Crippen LogP contribution in [0.2, 0.25) is 0 Å². The van der Waals surface area contributed by atoms with Crippen LogP contribution >= 0.6 is 0 Å². The van der Waals surface area contributed by atoms with Gasteiger partial charge < -0.3 is 10.2 Å². The van der Waals surface area contributed by atoms with E-state index in [0.717, 1.165) is 70.7 Å². The van der Waals surface area contributed by atoms with Crippen molar-refractivity contribution in [2.45, 2.75) is 58.9 Å². The molecular formula is C18H33N3O2. The van der Waals surface area contributed by atoms with Crippen molar-refractivity contribution in [3.05, 3.63) is 0 Å². The molecule has 1 atom stereocenters. The molecule has 1 unspecified atom stereocenters. The highest BCUT2D eigenvalue weighted by Crippen LogP contribution is 2.22. The third-order valence-corrected chi connectivity index (χ3v) is 5.45. The van der Waals surface area contributed by atoms with Crippen molar-refractivity contribution < 1.29 is 9.59 Å². The Hall–Kier alpha value is -1.10. The predicted octanol–water partition coefficient (Wildman–Crippen LogP) is 1.87. The second-order valence-corrected chi connectivity index (χ2v) is 7.29. The number of hydrogen-bond acceptors (Lipinski definition) is 3. The molecule has 2 fully saturated rings. The molecule has 5 nitrogen and oxygen atoms in total. The number of likely N-dealkylation sites (tertiary alicyclic amines) is 2.